The highest BCUT2D eigenvalue weighted by molar-refractivity contribution is 14.1. The number of nitrogens with zero attached hydrogens (tertiary/aromatic N) is 28. The summed E-state index contributed by atoms with van der Waals surface area (Å²) in [7, 11) is 13.1. The molecule has 1 fully saturated rings. The summed E-state index contributed by atoms with van der Waals surface area (Å²) in [5.74, 6) is 2.45. The van der Waals surface area contributed by atoms with Crippen molar-refractivity contribution >= 4 is 67.9 Å². The highest BCUT2D eigenvalue weighted by Crippen LogP contribution is 2.42. The van der Waals surface area contributed by atoms with Crippen molar-refractivity contribution < 1.29 is 24.4 Å². The Balaban J connectivity index is 0.000000133. The molecule has 0 atom stereocenters. The molecule has 0 radical (unpaired) electrons. The van der Waals surface area contributed by atoms with E-state index in [1.807, 2.05) is 13.8 Å². The molecule has 1 aliphatic rings. The third-order valence-corrected chi connectivity index (χ3v) is 15.9. The lowest BCUT2D eigenvalue weighted by atomic mass is 10.2. The summed E-state index contributed by atoms with van der Waals surface area (Å²) >= 11 is 7.06. The van der Waals surface area contributed by atoms with E-state index in [9.17, 15) is 19.2 Å². The van der Waals surface area contributed by atoms with Gasteiger partial charge in [-0.15, -0.1) is 18.7 Å². The molecule has 1 aliphatic carbocycles. The minimum absolute atomic E-state index is 0.159. The van der Waals surface area contributed by atoms with Crippen LogP contribution in [-0.2, 0) is 89.2 Å². The number of tetrazole rings is 4. The molecule has 0 saturated heterocycles. The fourth-order valence-electron chi connectivity index (χ4n) is 8.33. The van der Waals surface area contributed by atoms with Crippen LogP contribution < -0.4 is 41.7 Å². The van der Waals surface area contributed by atoms with E-state index >= 15 is 0 Å². The second kappa shape index (κ2) is 26.6. The summed E-state index contributed by atoms with van der Waals surface area (Å²) in [5, 5.41) is 55.9. The minimum atomic E-state index is -0.372. The van der Waals surface area contributed by atoms with Crippen molar-refractivity contribution in [3.63, 3.8) is 0 Å². The lowest BCUT2D eigenvalue weighted by Gasteiger charge is -2.06. The number of hydrogen-bond donors (Lipinski definition) is 0. The summed E-state index contributed by atoms with van der Waals surface area (Å²) in [6, 6.07) is 0. The van der Waals surface area contributed by atoms with Gasteiger partial charge in [-0.2, -0.15) is 39.1 Å². The number of thiazole rings is 4. The number of aromatic nitrogens is 28. The third kappa shape index (κ3) is 13.3. The molecule has 0 aromatic carbocycles. The molecule has 0 unspecified atom stereocenters. The minimum Gasteiger partial charge on any atom is -0.465 e. The van der Waals surface area contributed by atoms with Crippen LogP contribution in [0.5, 0.6) is 20.8 Å². The zero-order valence-corrected chi connectivity index (χ0v) is 53.1. The molecule has 36 nitrogen and oxygen atoms in total. The third-order valence-electron chi connectivity index (χ3n) is 12.5. The van der Waals surface area contributed by atoms with Crippen molar-refractivity contribution in [1.29, 1.82) is 0 Å². The van der Waals surface area contributed by atoms with Crippen molar-refractivity contribution in [3.8, 4) is 44.0 Å². The molecule has 41 heteroatoms. The van der Waals surface area contributed by atoms with Crippen molar-refractivity contribution in [3.05, 3.63) is 131 Å². The predicted molar refractivity (Wildman–Crippen MR) is 318 cm³/mol. The van der Waals surface area contributed by atoms with Crippen LogP contribution in [-0.4, -0.2) is 138 Å². The van der Waals surface area contributed by atoms with Gasteiger partial charge in [0.2, 0.25) is 0 Å². The molecule has 87 heavy (non-hydrogen) atoms. The Bertz CT molecular complexity index is 4640. The molecule has 0 N–H and O–H groups in total. The quantitative estimate of drug-likeness (QED) is 0.109. The first kappa shape index (κ1) is 55.6. The molecule has 456 valence electrons. The molecule has 1 saturated carbocycles. The predicted octanol–water partition coefficient (Wildman–Crippen LogP) is 1.29. The zero-order chi connectivity index (χ0) is 65.1. The highest BCUT2D eigenvalue weighted by Gasteiger charge is 2.33. The van der Waals surface area contributed by atoms with Crippen LogP contribution in [0.2, 0.25) is 0 Å². The average Bonchev–Trinajstić information content (AvgIpc) is 1.64. The maximum Gasteiger partial charge on any atom is 0.369 e. The molecule has 0 aliphatic heterocycles. The number of halogens is 1. The van der Waals surface area contributed by atoms with Gasteiger partial charge in [0.1, 0.15) is 30.1 Å². The number of rotatable bonds is 18. The smallest absolute Gasteiger partial charge is 0.369 e. The first-order valence-corrected chi connectivity index (χ1v) is 30.1. The van der Waals surface area contributed by atoms with Crippen LogP contribution in [0, 0.1) is 10.6 Å². The molecule has 13 rings (SSSR count). The maximum absolute atomic E-state index is 12.2. The molecule has 0 spiro atoms. The van der Waals surface area contributed by atoms with Gasteiger partial charge in [0.25, 0.3) is 20.8 Å². The fourth-order valence-corrected chi connectivity index (χ4v) is 10.8. The Hall–Kier alpha value is -9.23. The second-order valence-corrected chi connectivity index (χ2v) is 22.7. The lowest BCUT2D eigenvalue weighted by molar-refractivity contribution is 0.302. The summed E-state index contributed by atoms with van der Waals surface area (Å²) < 4.78 is 68.6. The van der Waals surface area contributed by atoms with Gasteiger partial charge in [0.15, 0.2) is 23.3 Å². The number of hydrogen-bond acceptors (Lipinski definition) is 28. The summed E-state index contributed by atoms with van der Waals surface area (Å²) in [4.78, 5) is 64.2. The van der Waals surface area contributed by atoms with Gasteiger partial charge in [0.05, 0.1) is 44.8 Å². The number of ether oxygens (including phenoxy) is 4. The van der Waals surface area contributed by atoms with E-state index < -0.39 is 0 Å². The van der Waals surface area contributed by atoms with Crippen molar-refractivity contribution in [1.82, 2.24) is 138 Å². The van der Waals surface area contributed by atoms with Crippen LogP contribution in [0.4, 0.5) is 0 Å². The van der Waals surface area contributed by atoms with Gasteiger partial charge in [-0.3, -0.25) is 14.0 Å². The fraction of sp³-hybridized carbons (Fsp3) is 0.391. The van der Waals surface area contributed by atoms with E-state index in [1.54, 1.807) is 75.5 Å². The van der Waals surface area contributed by atoms with E-state index in [2.05, 4.69) is 105 Å². The van der Waals surface area contributed by atoms with Crippen molar-refractivity contribution in [2.45, 2.75) is 65.5 Å². The van der Waals surface area contributed by atoms with E-state index in [1.165, 1.54) is 89.9 Å². The average molecular weight is 1390 g/mol. The van der Waals surface area contributed by atoms with Crippen LogP contribution in [0.15, 0.2) is 65.4 Å². The van der Waals surface area contributed by atoms with Crippen LogP contribution in [0.1, 0.15) is 70.5 Å². The van der Waals surface area contributed by atoms with Crippen molar-refractivity contribution in [2.75, 3.05) is 0 Å². The SMILES string of the molecule is [3H]c1csc(OCc2c(C)nn(C)c2-n2nnn(C)c2=O)n1.[3H]c1csc(OCc2c(C3CC3)nn(C)c2-n2nnn(C)c2=O)n1.[3H]c1csc(OCc2c(CC)nn(C)c2-n2nnn(C)c2=O)n1.[3H]c1csc(OCc2c(I)nn(C)c2-n2nnn(C)c2=O)n1. The summed E-state index contributed by atoms with van der Waals surface area (Å²) in [5.41, 5.74) is 3.98. The van der Waals surface area contributed by atoms with Gasteiger partial charge in [0, 0.05) is 109 Å². The Kier molecular flexibility index (Phi) is 17.0. The summed E-state index contributed by atoms with van der Waals surface area (Å²) in [6.07, 6.45) is 3.49. The van der Waals surface area contributed by atoms with Crippen molar-refractivity contribution in [2.24, 2.45) is 56.4 Å². The molecular formula is C46H53IN28O8S4. The maximum atomic E-state index is 12.2. The van der Waals surface area contributed by atoms with E-state index in [0.29, 0.717) is 71.2 Å². The standard InChI is InChI=1S/C13H15N7O2S.C12H15N7O2S.C11H13N7O2S.C10H10IN7O2S/c1-18-11(20-13(21)19(2)16-17-20)9(10(15-18)8-3-4-8)7-22-12-14-5-6-23-12;1-4-9-8(7-21-11-13-5-6-22-11)10(17(2)14-9)19-12(20)18(3)15-16-19;1-7-8(6-20-10-12-4-5-21-10)9(16(2)13-7)18-11(19)17(3)14-15-18;1-16-8(18-10(19)17(2)14-15-18)6(7(11)13-16)5-20-9-12-3-4-21-9/h5-6,8H,3-4,7H2,1-2H3;5-6H,4,7H2,1-3H3;4-5H,6H2,1-3H3;3-4H,5H2,1-2H3/i2*5T;4T;3T. The van der Waals surface area contributed by atoms with E-state index in [-0.39, 0.29) is 73.9 Å². The van der Waals surface area contributed by atoms with Crippen LogP contribution in [0.3, 0.4) is 0 Å². The van der Waals surface area contributed by atoms with Crippen LogP contribution in [0.25, 0.3) is 23.3 Å². The van der Waals surface area contributed by atoms with Gasteiger partial charge >= 0.3 is 22.8 Å². The highest BCUT2D eigenvalue weighted by atomic mass is 127. The molecule has 12 aromatic heterocycles. The Morgan fingerprint density at radius 2 is 0.793 bits per heavy atom. The molecule has 0 amide bonds. The van der Waals surface area contributed by atoms with E-state index in [4.69, 9.17) is 24.4 Å². The van der Waals surface area contributed by atoms with Gasteiger partial charge in [-0.05, 0) is 90.5 Å². The largest absolute Gasteiger partial charge is 0.465 e. The first-order chi connectivity index (χ1) is 43.5. The molecule has 12 aromatic rings. The Labute approximate surface area is 524 Å². The topological polar surface area (TPSA) is 371 Å². The van der Waals surface area contributed by atoms with Gasteiger partial charge in [-0.1, -0.05) is 52.3 Å². The second-order valence-electron chi connectivity index (χ2n) is 18.4. The zero-order valence-electron chi connectivity index (χ0n) is 51.6. The Morgan fingerprint density at radius 3 is 1.16 bits per heavy atom. The number of aryl methyl sites for hydroxylation is 10. The van der Waals surface area contributed by atoms with Crippen LogP contribution >= 0.6 is 67.9 Å². The van der Waals surface area contributed by atoms with Gasteiger partial charge < -0.3 is 18.9 Å². The molecule has 0 bridgehead atoms. The van der Waals surface area contributed by atoms with E-state index in [0.717, 1.165) is 55.1 Å². The summed E-state index contributed by atoms with van der Waals surface area (Å²) in [6.45, 7) is 4.53. The first-order valence-electron chi connectivity index (χ1n) is 27.5. The van der Waals surface area contributed by atoms with Gasteiger partial charge in [-0.25, -0.2) is 43.8 Å². The lowest BCUT2D eigenvalue weighted by Crippen LogP contribution is -2.24. The molecular weight excluding hydrogens is 1330 g/mol. The Morgan fingerprint density at radius 1 is 0.460 bits per heavy atom. The monoisotopic (exact) mass is 1390 g/mol. The normalized spacial score (nSPS) is 12.5. The molecule has 12 heterocycles.